The number of carbonyl (C=O) groups is 1. The van der Waals surface area contributed by atoms with Crippen LogP contribution >= 0.6 is 0 Å². The Kier molecular flexibility index (Phi) is 5.11. The fourth-order valence-corrected chi connectivity index (χ4v) is 2.17. The van der Waals surface area contributed by atoms with E-state index in [-0.39, 0.29) is 5.91 Å². The quantitative estimate of drug-likeness (QED) is 0.857. The summed E-state index contributed by atoms with van der Waals surface area (Å²) in [6.45, 7) is 5.51. The standard InChI is InChI=1S/C16H22N4O/c1-4-13-10-15(20(5-2)19-13)16(21)18-14-8-6-12(7-9-14)11-17-3/h6-10,17H,4-5,11H2,1-3H3,(H,18,21). The molecule has 5 nitrogen and oxygen atoms in total. The molecule has 1 heterocycles. The number of anilines is 1. The molecule has 0 aliphatic rings. The van der Waals surface area contributed by atoms with E-state index in [4.69, 9.17) is 0 Å². The molecule has 0 fully saturated rings. The summed E-state index contributed by atoms with van der Waals surface area (Å²) in [5, 5.41) is 10.4. The third-order valence-corrected chi connectivity index (χ3v) is 3.32. The Balaban J connectivity index is 2.11. The van der Waals surface area contributed by atoms with E-state index >= 15 is 0 Å². The fourth-order valence-electron chi connectivity index (χ4n) is 2.17. The SMILES string of the molecule is CCc1cc(C(=O)Nc2ccc(CNC)cc2)n(CC)n1. The van der Waals surface area contributed by atoms with Gasteiger partial charge in [-0.2, -0.15) is 5.10 Å². The van der Waals surface area contributed by atoms with Crippen molar-refractivity contribution >= 4 is 11.6 Å². The molecule has 0 atom stereocenters. The van der Waals surface area contributed by atoms with Crippen molar-refractivity contribution in [3.05, 3.63) is 47.3 Å². The number of nitrogens with zero attached hydrogens (tertiary/aromatic N) is 2. The lowest BCUT2D eigenvalue weighted by atomic mass is 10.2. The van der Waals surface area contributed by atoms with Crippen LogP contribution in [0.2, 0.25) is 0 Å². The number of aryl methyl sites for hydroxylation is 2. The van der Waals surface area contributed by atoms with E-state index in [0.29, 0.717) is 12.2 Å². The normalized spacial score (nSPS) is 10.6. The van der Waals surface area contributed by atoms with E-state index in [2.05, 4.69) is 15.7 Å². The predicted octanol–water partition coefficient (Wildman–Crippen LogP) is 2.44. The van der Waals surface area contributed by atoms with Crippen LogP contribution in [0.3, 0.4) is 0 Å². The molecule has 1 amide bonds. The predicted molar refractivity (Wildman–Crippen MR) is 84.4 cm³/mol. The average Bonchev–Trinajstić information content (AvgIpc) is 2.93. The van der Waals surface area contributed by atoms with E-state index in [0.717, 1.165) is 24.3 Å². The molecule has 2 rings (SSSR count). The molecule has 21 heavy (non-hydrogen) atoms. The Morgan fingerprint density at radius 3 is 2.52 bits per heavy atom. The summed E-state index contributed by atoms with van der Waals surface area (Å²) in [7, 11) is 1.91. The number of carbonyl (C=O) groups excluding carboxylic acids is 1. The average molecular weight is 286 g/mol. The molecule has 0 bridgehead atoms. The van der Waals surface area contributed by atoms with Crippen LogP contribution in [0, 0.1) is 0 Å². The number of nitrogens with one attached hydrogen (secondary N) is 2. The molecule has 112 valence electrons. The molecule has 0 spiro atoms. The maximum Gasteiger partial charge on any atom is 0.273 e. The molecule has 1 aromatic carbocycles. The minimum absolute atomic E-state index is 0.120. The summed E-state index contributed by atoms with van der Waals surface area (Å²) in [5.41, 5.74) is 3.52. The molecule has 0 unspecified atom stereocenters. The minimum atomic E-state index is -0.120. The maximum atomic E-state index is 12.3. The number of amides is 1. The number of rotatable bonds is 6. The van der Waals surface area contributed by atoms with Crippen molar-refractivity contribution in [1.29, 1.82) is 0 Å². The van der Waals surface area contributed by atoms with Crippen LogP contribution in [-0.4, -0.2) is 22.7 Å². The first-order chi connectivity index (χ1) is 10.2. The fraction of sp³-hybridized carbons (Fsp3) is 0.375. The van der Waals surface area contributed by atoms with Crippen molar-refractivity contribution in [2.45, 2.75) is 33.4 Å². The summed E-state index contributed by atoms with van der Waals surface area (Å²) in [6.07, 6.45) is 0.825. The Hall–Kier alpha value is -2.14. The van der Waals surface area contributed by atoms with Gasteiger partial charge in [-0.25, -0.2) is 0 Å². The first-order valence-corrected chi connectivity index (χ1v) is 7.29. The lowest BCUT2D eigenvalue weighted by molar-refractivity contribution is 0.101. The van der Waals surface area contributed by atoms with Crippen LogP contribution in [0.1, 0.15) is 35.6 Å². The molecule has 0 radical (unpaired) electrons. The molecule has 2 aromatic rings. The van der Waals surface area contributed by atoms with Crippen molar-refractivity contribution in [3.63, 3.8) is 0 Å². The van der Waals surface area contributed by atoms with E-state index in [1.54, 1.807) is 4.68 Å². The Morgan fingerprint density at radius 1 is 1.24 bits per heavy atom. The van der Waals surface area contributed by atoms with Crippen molar-refractivity contribution in [1.82, 2.24) is 15.1 Å². The van der Waals surface area contributed by atoms with E-state index in [1.807, 2.05) is 51.2 Å². The van der Waals surface area contributed by atoms with Gasteiger partial charge in [0.25, 0.3) is 5.91 Å². The van der Waals surface area contributed by atoms with E-state index in [9.17, 15) is 4.79 Å². The number of benzene rings is 1. The van der Waals surface area contributed by atoms with Gasteiger partial charge in [-0.15, -0.1) is 0 Å². The second kappa shape index (κ2) is 7.04. The largest absolute Gasteiger partial charge is 0.321 e. The van der Waals surface area contributed by atoms with Crippen molar-refractivity contribution in [2.24, 2.45) is 0 Å². The van der Waals surface area contributed by atoms with Crippen LogP contribution in [0.25, 0.3) is 0 Å². The van der Waals surface area contributed by atoms with Gasteiger partial charge in [0.2, 0.25) is 0 Å². The molecule has 0 aliphatic heterocycles. The molecule has 1 aromatic heterocycles. The van der Waals surface area contributed by atoms with Gasteiger partial charge < -0.3 is 10.6 Å². The molecule has 0 saturated carbocycles. The highest BCUT2D eigenvalue weighted by molar-refractivity contribution is 6.03. The van der Waals surface area contributed by atoms with Gasteiger partial charge in [-0.1, -0.05) is 19.1 Å². The summed E-state index contributed by atoms with van der Waals surface area (Å²) < 4.78 is 1.74. The number of hydrogen-bond acceptors (Lipinski definition) is 3. The zero-order chi connectivity index (χ0) is 15.2. The minimum Gasteiger partial charge on any atom is -0.321 e. The van der Waals surface area contributed by atoms with Crippen molar-refractivity contribution in [3.8, 4) is 0 Å². The lowest BCUT2D eigenvalue weighted by Gasteiger charge is -2.07. The molecule has 2 N–H and O–H groups in total. The Morgan fingerprint density at radius 2 is 1.95 bits per heavy atom. The van der Waals surface area contributed by atoms with Crippen LogP contribution in [0.4, 0.5) is 5.69 Å². The first-order valence-electron chi connectivity index (χ1n) is 7.29. The van der Waals surface area contributed by atoms with Crippen LogP contribution in [0.15, 0.2) is 30.3 Å². The summed E-state index contributed by atoms with van der Waals surface area (Å²) in [5.74, 6) is -0.120. The first kappa shape index (κ1) is 15.3. The number of aromatic nitrogens is 2. The van der Waals surface area contributed by atoms with Gasteiger partial charge in [0.15, 0.2) is 0 Å². The maximum absolute atomic E-state index is 12.3. The molecular formula is C16H22N4O. The molecule has 0 aliphatic carbocycles. The smallest absolute Gasteiger partial charge is 0.273 e. The van der Waals surface area contributed by atoms with Crippen molar-refractivity contribution < 1.29 is 4.79 Å². The summed E-state index contributed by atoms with van der Waals surface area (Å²) in [4.78, 5) is 12.3. The second-order valence-corrected chi connectivity index (χ2v) is 4.87. The zero-order valence-corrected chi connectivity index (χ0v) is 12.8. The zero-order valence-electron chi connectivity index (χ0n) is 12.8. The molecule has 5 heteroatoms. The molecular weight excluding hydrogens is 264 g/mol. The highest BCUT2D eigenvalue weighted by Crippen LogP contribution is 2.12. The van der Waals surface area contributed by atoms with Crippen LogP contribution in [-0.2, 0) is 19.5 Å². The Bertz CT molecular complexity index is 601. The van der Waals surface area contributed by atoms with E-state index < -0.39 is 0 Å². The van der Waals surface area contributed by atoms with Gasteiger partial charge in [0.05, 0.1) is 5.69 Å². The second-order valence-electron chi connectivity index (χ2n) is 4.87. The Labute approximate surface area is 125 Å². The van der Waals surface area contributed by atoms with Gasteiger partial charge in [-0.3, -0.25) is 9.48 Å². The topological polar surface area (TPSA) is 59.0 Å². The van der Waals surface area contributed by atoms with Gasteiger partial charge in [-0.05, 0) is 44.2 Å². The van der Waals surface area contributed by atoms with E-state index in [1.165, 1.54) is 5.56 Å². The van der Waals surface area contributed by atoms with Crippen molar-refractivity contribution in [2.75, 3.05) is 12.4 Å². The third-order valence-electron chi connectivity index (χ3n) is 3.32. The van der Waals surface area contributed by atoms with Gasteiger partial charge >= 0.3 is 0 Å². The van der Waals surface area contributed by atoms with Gasteiger partial charge in [0, 0.05) is 18.8 Å². The summed E-state index contributed by atoms with van der Waals surface area (Å²) in [6, 6.07) is 9.69. The highest BCUT2D eigenvalue weighted by atomic mass is 16.2. The third kappa shape index (κ3) is 3.70. The van der Waals surface area contributed by atoms with Crippen LogP contribution in [0.5, 0.6) is 0 Å². The van der Waals surface area contributed by atoms with Crippen LogP contribution < -0.4 is 10.6 Å². The summed E-state index contributed by atoms with van der Waals surface area (Å²) >= 11 is 0. The lowest BCUT2D eigenvalue weighted by Crippen LogP contribution is -2.17. The number of hydrogen-bond donors (Lipinski definition) is 2. The monoisotopic (exact) mass is 286 g/mol. The highest BCUT2D eigenvalue weighted by Gasteiger charge is 2.14. The van der Waals surface area contributed by atoms with Gasteiger partial charge in [0.1, 0.15) is 5.69 Å². The molecule has 0 saturated heterocycles.